The minimum Gasteiger partial charge on any atom is -0.308 e. The fourth-order valence-corrected chi connectivity index (χ4v) is 6.85. The second-order valence-electron chi connectivity index (χ2n) is 12.7. The van der Waals surface area contributed by atoms with Crippen LogP contribution in [0.25, 0.3) is 83.9 Å². The van der Waals surface area contributed by atoms with E-state index in [9.17, 15) is 5.26 Å². The lowest BCUT2D eigenvalue weighted by Crippen LogP contribution is -2.04. The lowest BCUT2D eigenvalue weighted by atomic mass is 10.0. The first kappa shape index (κ1) is 37.6. The van der Waals surface area contributed by atoms with Crippen LogP contribution in [0.3, 0.4) is 0 Å². The van der Waals surface area contributed by atoms with Gasteiger partial charge in [-0.3, -0.25) is 0 Å². The zero-order valence-corrected chi connectivity index (χ0v) is 31.7. The predicted octanol–water partition coefficient (Wildman–Crippen LogP) is 12.9. The Balaban J connectivity index is 0.000000949. The van der Waals surface area contributed by atoms with Crippen LogP contribution in [-0.2, 0) is 0 Å². The van der Waals surface area contributed by atoms with E-state index in [2.05, 4.69) is 41.0 Å². The molecule has 2 aromatic heterocycles. The first-order chi connectivity index (χ1) is 28.1. The maximum atomic E-state index is 15.4. The summed E-state index contributed by atoms with van der Waals surface area (Å²) in [5.41, 5.74) is 9.21. The van der Waals surface area contributed by atoms with Crippen LogP contribution in [0.5, 0.6) is 0 Å². The van der Waals surface area contributed by atoms with Crippen molar-refractivity contribution in [3.05, 3.63) is 181 Å². The van der Waals surface area contributed by atoms with Gasteiger partial charge in [0.2, 0.25) is 0 Å². The minimum absolute atomic E-state index is 0.298. The first-order valence-electron chi connectivity index (χ1n) is 18.7. The molecule has 9 aromatic rings. The molecule has 2 heterocycles. The van der Waals surface area contributed by atoms with Gasteiger partial charge in [-0.1, -0.05) is 135 Å². The van der Waals surface area contributed by atoms with E-state index in [0.29, 0.717) is 28.6 Å². The lowest BCUT2D eigenvalue weighted by molar-refractivity contribution is 0.631. The molecule has 0 amide bonds. The molecule has 274 valence electrons. The van der Waals surface area contributed by atoms with Crippen molar-refractivity contribution in [2.45, 2.75) is 20.8 Å². The summed E-state index contributed by atoms with van der Waals surface area (Å²) in [5.74, 6) is 1.32. The SMILES string of the molecule is CC.CC#N.N#Cc1ccc(-c2ccc3c(c2)c2ccccc2n3-c2cc(-c3ccccc3F)ccc2-c2nc(-c3ccccc3)nc(-c3ccccc3)n2)cc1. The quantitative estimate of drug-likeness (QED) is 0.169. The highest BCUT2D eigenvalue weighted by molar-refractivity contribution is 6.11. The smallest absolute Gasteiger partial charge is 0.166 e. The summed E-state index contributed by atoms with van der Waals surface area (Å²) in [7, 11) is 0. The zero-order valence-electron chi connectivity index (χ0n) is 31.7. The van der Waals surface area contributed by atoms with E-state index in [1.807, 2.05) is 135 Å². The molecule has 0 aliphatic carbocycles. The standard InChI is InChI=1S/C46H28FN5.C2H3N.C2H6/c47-40-17-9-7-15-36(40)35-23-25-38(46-50-44(32-11-3-1-4-12-32)49-45(51-46)33-13-5-2-6-14-33)43(28-35)52-41-18-10-8-16-37(41)39-27-34(24-26-42(39)52)31-21-19-30(29-48)20-22-31;1-2-3;1-2/h1-28H;1H3;1-2H3. The molecular weight excluding hydrogens is 704 g/mol. The third-order valence-electron chi connectivity index (χ3n) is 9.38. The van der Waals surface area contributed by atoms with E-state index in [4.69, 9.17) is 20.2 Å². The summed E-state index contributed by atoms with van der Waals surface area (Å²) in [5, 5.41) is 18.8. The van der Waals surface area contributed by atoms with E-state index < -0.39 is 0 Å². The van der Waals surface area contributed by atoms with E-state index >= 15 is 4.39 Å². The van der Waals surface area contributed by atoms with E-state index in [0.717, 1.165) is 60.9 Å². The van der Waals surface area contributed by atoms with Gasteiger partial charge in [0.15, 0.2) is 17.5 Å². The third kappa shape index (κ3) is 7.64. The van der Waals surface area contributed by atoms with Gasteiger partial charge in [-0.15, -0.1) is 0 Å². The van der Waals surface area contributed by atoms with Crippen molar-refractivity contribution in [2.75, 3.05) is 0 Å². The molecule has 0 saturated heterocycles. The Morgan fingerprint density at radius 3 is 1.63 bits per heavy atom. The largest absolute Gasteiger partial charge is 0.308 e. The van der Waals surface area contributed by atoms with E-state index in [-0.39, 0.29) is 5.82 Å². The van der Waals surface area contributed by atoms with Crippen molar-refractivity contribution in [1.82, 2.24) is 19.5 Å². The van der Waals surface area contributed by atoms with Crippen molar-refractivity contribution in [2.24, 2.45) is 0 Å². The molecule has 0 atom stereocenters. The molecule has 0 aliphatic rings. The van der Waals surface area contributed by atoms with Gasteiger partial charge in [0.05, 0.1) is 34.4 Å². The molecule has 0 unspecified atom stereocenters. The van der Waals surface area contributed by atoms with Crippen LogP contribution in [0.2, 0.25) is 0 Å². The molecule has 7 heteroatoms. The van der Waals surface area contributed by atoms with Gasteiger partial charge in [0.25, 0.3) is 0 Å². The average molecular weight is 741 g/mol. The Hall–Kier alpha value is -7.74. The highest BCUT2D eigenvalue weighted by Gasteiger charge is 2.21. The van der Waals surface area contributed by atoms with Crippen LogP contribution in [0.4, 0.5) is 4.39 Å². The first-order valence-corrected chi connectivity index (χ1v) is 18.7. The number of fused-ring (bicyclic) bond motifs is 3. The van der Waals surface area contributed by atoms with Gasteiger partial charge in [-0.2, -0.15) is 10.5 Å². The zero-order chi connectivity index (χ0) is 39.7. The predicted molar refractivity (Wildman–Crippen MR) is 229 cm³/mol. The van der Waals surface area contributed by atoms with E-state index in [1.165, 1.54) is 13.0 Å². The fraction of sp³-hybridized carbons (Fsp3) is 0.0600. The molecule has 6 nitrogen and oxygen atoms in total. The maximum absolute atomic E-state index is 15.4. The number of hydrogen-bond donors (Lipinski definition) is 0. The topological polar surface area (TPSA) is 91.2 Å². The van der Waals surface area contributed by atoms with Gasteiger partial charge in [-0.25, -0.2) is 19.3 Å². The fourth-order valence-electron chi connectivity index (χ4n) is 6.85. The summed E-state index contributed by atoms with van der Waals surface area (Å²) < 4.78 is 17.6. The number of nitrogens with zero attached hydrogens (tertiary/aromatic N) is 6. The Kier molecular flexibility index (Phi) is 11.3. The number of rotatable bonds is 6. The minimum atomic E-state index is -0.298. The number of nitriles is 2. The van der Waals surface area contributed by atoms with E-state index in [1.54, 1.807) is 18.2 Å². The monoisotopic (exact) mass is 740 g/mol. The second-order valence-corrected chi connectivity index (χ2v) is 12.7. The van der Waals surface area contributed by atoms with Crippen LogP contribution >= 0.6 is 0 Å². The summed E-state index contributed by atoms with van der Waals surface area (Å²) in [6, 6.07) is 58.9. The van der Waals surface area contributed by atoms with Gasteiger partial charge in [-0.05, 0) is 65.2 Å². The molecule has 0 N–H and O–H groups in total. The number of halogens is 1. The summed E-state index contributed by atoms with van der Waals surface area (Å²) in [6.45, 7) is 5.43. The van der Waals surface area contributed by atoms with Gasteiger partial charge in [0, 0.05) is 39.9 Å². The maximum Gasteiger partial charge on any atom is 0.166 e. The van der Waals surface area contributed by atoms with Crippen LogP contribution in [0, 0.1) is 28.5 Å². The van der Waals surface area contributed by atoms with Crippen molar-refractivity contribution < 1.29 is 4.39 Å². The molecule has 9 rings (SSSR count). The summed E-state index contributed by atoms with van der Waals surface area (Å²) in [4.78, 5) is 15.1. The number of benzene rings is 7. The van der Waals surface area contributed by atoms with Crippen LogP contribution in [-0.4, -0.2) is 19.5 Å². The highest BCUT2D eigenvalue weighted by Crippen LogP contribution is 2.40. The summed E-state index contributed by atoms with van der Waals surface area (Å²) >= 11 is 0. The number of hydrogen-bond acceptors (Lipinski definition) is 5. The van der Waals surface area contributed by atoms with Crippen molar-refractivity contribution in [3.63, 3.8) is 0 Å². The molecular formula is C50H37FN6. The van der Waals surface area contributed by atoms with Crippen molar-refractivity contribution in [1.29, 1.82) is 10.5 Å². The molecule has 0 radical (unpaired) electrons. The lowest BCUT2D eigenvalue weighted by Gasteiger charge is -2.17. The number of aromatic nitrogens is 4. The Morgan fingerprint density at radius 1 is 0.474 bits per heavy atom. The van der Waals surface area contributed by atoms with Crippen LogP contribution in [0.1, 0.15) is 26.3 Å². The Labute approximate surface area is 331 Å². The van der Waals surface area contributed by atoms with Crippen LogP contribution in [0.15, 0.2) is 170 Å². The second kappa shape index (κ2) is 17.2. The van der Waals surface area contributed by atoms with Crippen molar-refractivity contribution >= 4 is 21.8 Å². The molecule has 0 fully saturated rings. The Bertz CT molecular complexity index is 2850. The Morgan fingerprint density at radius 2 is 1.00 bits per heavy atom. The molecule has 7 aromatic carbocycles. The summed E-state index contributed by atoms with van der Waals surface area (Å²) in [6.07, 6.45) is 0. The number of para-hydroxylation sites is 1. The van der Waals surface area contributed by atoms with Gasteiger partial charge >= 0.3 is 0 Å². The average Bonchev–Trinajstić information content (AvgIpc) is 3.61. The molecule has 0 aliphatic heterocycles. The van der Waals surface area contributed by atoms with Gasteiger partial charge in [0.1, 0.15) is 5.82 Å². The normalized spacial score (nSPS) is 10.4. The molecule has 0 spiro atoms. The highest BCUT2D eigenvalue weighted by atomic mass is 19.1. The third-order valence-corrected chi connectivity index (χ3v) is 9.38. The van der Waals surface area contributed by atoms with Crippen LogP contribution < -0.4 is 0 Å². The van der Waals surface area contributed by atoms with Crippen molar-refractivity contribution in [3.8, 4) is 74.2 Å². The molecule has 57 heavy (non-hydrogen) atoms. The molecule has 0 saturated carbocycles. The molecule has 0 bridgehead atoms. The van der Waals surface area contributed by atoms with Gasteiger partial charge < -0.3 is 4.57 Å².